The molecule has 0 aromatic carbocycles. The number of anilines is 1. The number of aromatic nitrogens is 1. The first-order valence-corrected chi connectivity index (χ1v) is 7.18. The summed E-state index contributed by atoms with van der Waals surface area (Å²) >= 11 is 1.44. The number of nitrogens with one attached hydrogen (secondary N) is 1. The molecule has 0 bridgehead atoms. The van der Waals surface area contributed by atoms with Crippen LogP contribution in [0.15, 0.2) is 0 Å². The number of carbonyl (C=O) groups excluding carboxylic acids is 1. The topological polar surface area (TPSA) is 42.0 Å². The lowest BCUT2D eigenvalue weighted by Crippen LogP contribution is -2.24. The Hall–Kier alpha value is -0.900. The van der Waals surface area contributed by atoms with Crippen molar-refractivity contribution >= 4 is 22.3 Å². The Morgan fingerprint density at radius 3 is 2.41 bits per heavy atom. The number of hydrogen-bond donors (Lipinski definition) is 1. The fraction of sp³-hybridized carbons (Fsp3) is 0.692. The summed E-state index contributed by atoms with van der Waals surface area (Å²) in [6.07, 6.45) is 5.39. The van der Waals surface area contributed by atoms with E-state index in [0.717, 1.165) is 28.1 Å². The van der Waals surface area contributed by atoms with Gasteiger partial charge in [0.15, 0.2) is 5.78 Å². The van der Waals surface area contributed by atoms with Crippen LogP contribution in [0.3, 0.4) is 0 Å². The van der Waals surface area contributed by atoms with Gasteiger partial charge < -0.3 is 5.32 Å². The molecule has 17 heavy (non-hydrogen) atoms. The van der Waals surface area contributed by atoms with Gasteiger partial charge in [0, 0.05) is 6.04 Å². The molecule has 92 valence electrons. The first-order chi connectivity index (χ1) is 8.16. The zero-order chi connectivity index (χ0) is 12.0. The van der Waals surface area contributed by atoms with Gasteiger partial charge >= 0.3 is 0 Å². The second kappa shape index (κ2) is 4.09. The summed E-state index contributed by atoms with van der Waals surface area (Å²) in [6.45, 7) is 3.55. The Morgan fingerprint density at radius 2 is 1.94 bits per heavy atom. The van der Waals surface area contributed by atoms with E-state index >= 15 is 0 Å². The minimum Gasteiger partial charge on any atom is -0.372 e. The summed E-state index contributed by atoms with van der Waals surface area (Å²) in [6, 6.07) is 0.591. The maximum absolute atomic E-state index is 11.6. The molecule has 0 amide bonds. The molecule has 3 nitrogen and oxygen atoms in total. The largest absolute Gasteiger partial charge is 0.372 e. The number of Topliss-reactive ketones (excluding diaryl/α,β-unsaturated/α-hetero) is 1. The third-order valence-corrected chi connectivity index (χ3v) is 4.64. The van der Waals surface area contributed by atoms with E-state index in [-0.39, 0.29) is 5.78 Å². The SMILES string of the molecule is CC(=O)c1c(C)nsc1NC(C1CC1)C1CC1. The molecule has 0 atom stereocenters. The van der Waals surface area contributed by atoms with E-state index < -0.39 is 0 Å². The predicted molar refractivity (Wildman–Crippen MR) is 69.7 cm³/mol. The Labute approximate surface area is 106 Å². The van der Waals surface area contributed by atoms with Crippen LogP contribution < -0.4 is 5.32 Å². The Kier molecular flexibility index (Phi) is 2.69. The molecule has 0 spiro atoms. The van der Waals surface area contributed by atoms with Crippen molar-refractivity contribution < 1.29 is 4.79 Å². The Balaban J connectivity index is 1.81. The van der Waals surface area contributed by atoms with Gasteiger partial charge in [0.25, 0.3) is 0 Å². The lowest BCUT2D eigenvalue weighted by atomic mass is 10.1. The van der Waals surface area contributed by atoms with E-state index in [0.29, 0.717) is 6.04 Å². The smallest absolute Gasteiger partial charge is 0.164 e. The third-order valence-electron chi connectivity index (χ3n) is 3.77. The van der Waals surface area contributed by atoms with E-state index in [9.17, 15) is 4.79 Å². The number of carbonyl (C=O) groups is 1. The van der Waals surface area contributed by atoms with Crippen LogP contribution in [0.5, 0.6) is 0 Å². The predicted octanol–water partition coefficient (Wildman–Crippen LogP) is 3.25. The molecule has 3 rings (SSSR count). The quantitative estimate of drug-likeness (QED) is 0.816. The third kappa shape index (κ3) is 2.23. The zero-order valence-corrected chi connectivity index (χ0v) is 11.1. The van der Waals surface area contributed by atoms with E-state index in [4.69, 9.17) is 0 Å². The summed E-state index contributed by atoms with van der Waals surface area (Å²) in [5.41, 5.74) is 1.68. The van der Waals surface area contributed by atoms with Crippen molar-refractivity contribution in [2.45, 2.75) is 45.6 Å². The highest BCUT2D eigenvalue weighted by molar-refractivity contribution is 7.10. The molecule has 0 unspecified atom stereocenters. The van der Waals surface area contributed by atoms with Crippen molar-refractivity contribution in [3.8, 4) is 0 Å². The lowest BCUT2D eigenvalue weighted by molar-refractivity contribution is 0.101. The molecular formula is C13H18N2OS. The van der Waals surface area contributed by atoms with Crippen LogP contribution in [0.25, 0.3) is 0 Å². The molecule has 1 aromatic rings. The minimum atomic E-state index is 0.129. The molecule has 1 aromatic heterocycles. The van der Waals surface area contributed by atoms with Crippen LogP contribution >= 0.6 is 11.5 Å². The van der Waals surface area contributed by atoms with Crippen LogP contribution in [0, 0.1) is 18.8 Å². The zero-order valence-electron chi connectivity index (χ0n) is 10.3. The number of ketones is 1. The van der Waals surface area contributed by atoms with Crippen LogP contribution in [0.1, 0.15) is 48.7 Å². The van der Waals surface area contributed by atoms with Crippen molar-refractivity contribution in [1.29, 1.82) is 0 Å². The highest BCUT2D eigenvalue weighted by atomic mass is 32.1. The molecule has 4 heteroatoms. The Morgan fingerprint density at radius 1 is 1.35 bits per heavy atom. The van der Waals surface area contributed by atoms with Crippen LogP contribution in [-0.2, 0) is 0 Å². The molecule has 0 radical (unpaired) electrons. The van der Waals surface area contributed by atoms with Gasteiger partial charge in [-0.1, -0.05) is 0 Å². The monoisotopic (exact) mass is 250 g/mol. The highest BCUT2D eigenvalue weighted by Gasteiger charge is 2.42. The van der Waals surface area contributed by atoms with Crippen molar-refractivity contribution in [2.24, 2.45) is 11.8 Å². The standard InChI is InChI=1S/C13H18N2OS/c1-7-11(8(2)16)13(17-15-7)14-12(9-3-4-9)10-5-6-10/h9-10,12,14H,3-6H2,1-2H3. The summed E-state index contributed by atoms with van der Waals surface area (Å²) in [7, 11) is 0. The fourth-order valence-electron chi connectivity index (χ4n) is 2.57. The first kappa shape index (κ1) is 11.2. The first-order valence-electron chi connectivity index (χ1n) is 6.40. The summed E-state index contributed by atoms with van der Waals surface area (Å²) in [5.74, 6) is 1.80. The van der Waals surface area contributed by atoms with Crippen LogP contribution in [0.2, 0.25) is 0 Å². The second-order valence-corrected chi connectivity index (χ2v) is 6.15. The molecular weight excluding hydrogens is 232 g/mol. The van der Waals surface area contributed by atoms with Crippen molar-refractivity contribution in [1.82, 2.24) is 4.37 Å². The number of nitrogens with zero attached hydrogens (tertiary/aromatic N) is 1. The van der Waals surface area contributed by atoms with Gasteiger partial charge in [0.05, 0.1) is 11.3 Å². The van der Waals surface area contributed by atoms with Gasteiger partial charge in [-0.05, 0) is 62.9 Å². The van der Waals surface area contributed by atoms with Gasteiger partial charge in [-0.3, -0.25) is 4.79 Å². The molecule has 1 N–H and O–H groups in total. The minimum absolute atomic E-state index is 0.129. The van der Waals surface area contributed by atoms with Crippen molar-refractivity contribution in [3.63, 3.8) is 0 Å². The summed E-state index contributed by atoms with van der Waals surface area (Å²) in [4.78, 5) is 11.6. The maximum Gasteiger partial charge on any atom is 0.164 e. The molecule has 2 aliphatic carbocycles. The summed E-state index contributed by atoms with van der Waals surface area (Å²) < 4.78 is 4.31. The molecule has 0 saturated heterocycles. The normalized spacial score (nSPS) is 19.7. The number of hydrogen-bond acceptors (Lipinski definition) is 4. The van der Waals surface area contributed by atoms with E-state index in [1.54, 1.807) is 6.92 Å². The van der Waals surface area contributed by atoms with Gasteiger partial charge in [-0.25, -0.2) is 0 Å². The van der Waals surface area contributed by atoms with Crippen molar-refractivity contribution in [2.75, 3.05) is 5.32 Å². The number of aryl methyl sites for hydroxylation is 1. The molecule has 2 saturated carbocycles. The van der Waals surface area contributed by atoms with Crippen LogP contribution in [-0.4, -0.2) is 16.2 Å². The van der Waals surface area contributed by atoms with Gasteiger partial charge in [-0.15, -0.1) is 0 Å². The molecule has 0 aliphatic heterocycles. The van der Waals surface area contributed by atoms with Gasteiger partial charge in [0.1, 0.15) is 5.00 Å². The fourth-order valence-corrected chi connectivity index (χ4v) is 3.46. The van der Waals surface area contributed by atoms with Crippen molar-refractivity contribution in [3.05, 3.63) is 11.3 Å². The maximum atomic E-state index is 11.6. The highest BCUT2D eigenvalue weighted by Crippen LogP contribution is 2.46. The average molecular weight is 250 g/mol. The molecule has 2 aliphatic rings. The Bertz CT molecular complexity index is 434. The van der Waals surface area contributed by atoms with Crippen LogP contribution in [0.4, 0.5) is 5.00 Å². The summed E-state index contributed by atoms with van der Waals surface area (Å²) in [5, 5.41) is 4.61. The van der Waals surface area contributed by atoms with E-state index in [2.05, 4.69) is 9.69 Å². The van der Waals surface area contributed by atoms with E-state index in [1.165, 1.54) is 37.2 Å². The van der Waals surface area contributed by atoms with Gasteiger partial charge in [0.2, 0.25) is 0 Å². The average Bonchev–Trinajstić information content (AvgIpc) is 3.14. The molecule has 2 fully saturated rings. The lowest BCUT2D eigenvalue weighted by Gasteiger charge is -2.18. The molecule has 1 heterocycles. The van der Waals surface area contributed by atoms with Gasteiger partial charge in [-0.2, -0.15) is 4.37 Å². The van der Waals surface area contributed by atoms with E-state index in [1.807, 2.05) is 6.92 Å². The number of rotatable bonds is 5. The second-order valence-electron chi connectivity index (χ2n) is 5.37.